The van der Waals surface area contributed by atoms with E-state index in [1.807, 2.05) is 0 Å². The van der Waals surface area contributed by atoms with Crippen LogP contribution in [0.15, 0.2) is 0 Å². The van der Waals surface area contributed by atoms with Crippen LogP contribution in [-0.4, -0.2) is 50.1 Å². The smallest absolute Gasteiger partial charge is 0.00183 e. The van der Waals surface area contributed by atoms with Gasteiger partial charge in [-0.15, -0.1) is 0 Å². The Morgan fingerprint density at radius 1 is 1.08 bits per heavy atom. The molecule has 72 valence electrons. The standard InChI is InChI=1S/C10H22N2/c1-11(2)7-3-4-8-12-9-5-6-10-12/h3-10H2,1-2H3. The molecule has 0 saturated carbocycles. The lowest BCUT2D eigenvalue weighted by molar-refractivity contribution is 0.314. The van der Waals surface area contributed by atoms with Gasteiger partial charge in [0.05, 0.1) is 0 Å². The van der Waals surface area contributed by atoms with Crippen LogP contribution in [0.5, 0.6) is 0 Å². The molecule has 0 aromatic carbocycles. The molecule has 0 aromatic heterocycles. The number of hydrogen-bond acceptors (Lipinski definition) is 2. The van der Waals surface area contributed by atoms with Gasteiger partial charge in [-0.05, 0) is 66.0 Å². The normalized spacial score (nSPS) is 19.2. The summed E-state index contributed by atoms with van der Waals surface area (Å²) in [4.78, 5) is 4.86. The Labute approximate surface area is 76.5 Å². The maximum absolute atomic E-state index is 2.59. The first-order valence-corrected chi connectivity index (χ1v) is 5.16. The lowest BCUT2D eigenvalue weighted by Gasteiger charge is -2.15. The largest absolute Gasteiger partial charge is 0.309 e. The van der Waals surface area contributed by atoms with Crippen molar-refractivity contribution in [3.05, 3.63) is 0 Å². The lowest BCUT2D eigenvalue weighted by Crippen LogP contribution is -2.21. The molecule has 2 heteroatoms. The van der Waals surface area contributed by atoms with E-state index >= 15 is 0 Å². The van der Waals surface area contributed by atoms with Crippen LogP contribution in [0.1, 0.15) is 25.7 Å². The van der Waals surface area contributed by atoms with Crippen LogP contribution in [0.4, 0.5) is 0 Å². The number of rotatable bonds is 5. The molecular formula is C10H22N2. The summed E-state index contributed by atoms with van der Waals surface area (Å²) < 4.78 is 0. The van der Waals surface area contributed by atoms with Gasteiger partial charge in [0.2, 0.25) is 0 Å². The number of nitrogens with zero attached hydrogens (tertiary/aromatic N) is 2. The van der Waals surface area contributed by atoms with Gasteiger partial charge in [0.1, 0.15) is 0 Å². The highest BCUT2D eigenvalue weighted by molar-refractivity contribution is 4.65. The first kappa shape index (κ1) is 10.0. The fourth-order valence-electron chi connectivity index (χ4n) is 1.77. The Morgan fingerprint density at radius 3 is 2.33 bits per heavy atom. The third-order valence-electron chi connectivity index (χ3n) is 2.53. The Morgan fingerprint density at radius 2 is 1.75 bits per heavy atom. The third-order valence-corrected chi connectivity index (χ3v) is 2.53. The summed E-state index contributed by atoms with van der Waals surface area (Å²) in [7, 11) is 4.30. The van der Waals surface area contributed by atoms with Gasteiger partial charge >= 0.3 is 0 Å². The van der Waals surface area contributed by atoms with Gasteiger partial charge in [0, 0.05) is 0 Å². The Kier molecular flexibility index (Phi) is 4.62. The summed E-state index contributed by atoms with van der Waals surface area (Å²) in [5, 5.41) is 0. The predicted octanol–water partition coefficient (Wildman–Crippen LogP) is 1.42. The quantitative estimate of drug-likeness (QED) is 0.576. The highest BCUT2D eigenvalue weighted by Crippen LogP contribution is 2.08. The molecule has 12 heavy (non-hydrogen) atoms. The van der Waals surface area contributed by atoms with Crippen LogP contribution in [-0.2, 0) is 0 Å². The first-order chi connectivity index (χ1) is 5.79. The zero-order chi connectivity index (χ0) is 8.81. The van der Waals surface area contributed by atoms with Crippen LogP contribution in [0.2, 0.25) is 0 Å². The average molecular weight is 170 g/mol. The van der Waals surface area contributed by atoms with Crippen LogP contribution in [0.3, 0.4) is 0 Å². The molecule has 0 unspecified atom stereocenters. The Bertz CT molecular complexity index is 106. The number of likely N-dealkylation sites (tertiary alicyclic amines) is 1. The molecule has 0 bridgehead atoms. The zero-order valence-corrected chi connectivity index (χ0v) is 8.55. The van der Waals surface area contributed by atoms with Gasteiger partial charge < -0.3 is 9.80 Å². The van der Waals surface area contributed by atoms with E-state index in [4.69, 9.17) is 0 Å². The molecule has 0 N–H and O–H groups in total. The topological polar surface area (TPSA) is 6.48 Å². The molecule has 1 rings (SSSR count). The third kappa shape index (κ3) is 4.07. The van der Waals surface area contributed by atoms with Crippen molar-refractivity contribution >= 4 is 0 Å². The van der Waals surface area contributed by atoms with E-state index in [0.717, 1.165) is 0 Å². The summed E-state index contributed by atoms with van der Waals surface area (Å²) in [6.45, 7) is 5.27. The number of hydrogen-bond donors (Lipinski definition) is 0. The molecule has 1 aliphatic rings. The van der Waals surface area contributed by atoms with E-state index in [2.05, 4.69) is 23.9 Å². The Balaban J connectivity index is 1.88. The Hall–Kier alpha value is -0.0800. The summed E-state index contributed by atoms with van der Waals surface area (Å²) in [5.41, 5.74) is 0. The number of unbranched alkanes of at least 4 members (excludes halogenated alkanes) is 1. The highest BCUT2D eigenvalue weighted by Gasteiger charge is 2.09. The van der Waals surface area contributed by atoms with Gasteiger partial charge in [-0.3, -0.25) is 0 Å². The van der Waals surface area contributed by atoms with Crippen molar-refractivity contribution in [2.45, 2.75) is 25.7 Å². The molecule has 0 radical (unpaired) electrons. The van der Waals surface area contributed by atoms with E-state index in [0.29, 0.717) is 0 Å². The second kappa shape index (κ2) is 5.55. The maximum Gasteiger partial charge on any atom is -0.00183 e. The molecule has 0 atom stereocenters. The van der Waals surface area contributed by atoms with Crippen LogP contribution < -0.4 is 0 Å². The van der Waals surface area contributed by atoms with Crippen molar-refractivity contribution in [3.8, 4) is 0 Å². The lowest BCUT2D eigenvalue weighted by atomic mass is 10.3. The molecule has 1 fully saturated rings. The molecule has 0 spiro atoms. The highest BCUT2D eigenvalue weighted by atomic mass is 15.1. The minimum Gasteiger partial charge on any atom is -0.309 e. The van der Waals surface area contributed by atoms with E-state index in [1.165, 1.54) is 51.9 Å². The summed E-state index contributed by atoms with van der Waals surface area (Å²) in [6.07, 6.45) is 5.57. The first-order valence-electron chi connectivity index (χ1n) is 5.16. The van der Waals surface area contributed by atoms with Crippen LogP contribution >= 0.6 is 0 Å². The van der Waals surface area contributed by atoms with Crippen LogP contribution in [0, 0.1) is 0 Å². The monoisotopic (exact) mass is 170 g/mol. The summed E-state index contributed by atoms with van der Waals surface area (Å²) >= 11 is 0. The summed E-state index contributed by atoms with van der Waals surface area (Å²) in [6, 6.07) is 0. The molecule has 1 aliphatic heterocycles. The van der Waals surface area contributed by atoms with Gasteiger partial charge in [-0.25, -0.2) is 0 Å². The van der Waals surface area contributed by atoms with Crippen molar-refractivity contribution in [1.29, 1.82) is 0 Å². The second-order valence-corrected chi connectivity index (χ2v) is 4.06. The molecule has 1 heterocycles. The van der Waals surface area contributed by atoms with Gasteiger partial charge in [-0.2, -0.15) is 0 Å². The van der Waals surface area contributed by atoms with E-state index < -0.39 is 0 Å². The molecule has 1 saturated heterocycles. The summed E-state index contributed by atoms with van der Waals surface area (Å²) in [5.74, 6) is 0. The average Bonchev–Trinajstić information content (AvgIpc) is 2.49. The fraction of sp³-hybridized carbons (Fsp3) is 1.00. The van der Waals surface area contributed by atoms with Crippen LogP contribution in [0.25, 0.3) is 0 Å². The molecule has 0 amide bonds. The van der Waals surface area contributed by atoms with Gasteiger partial charge in [-0.1, -0.05) is 0 Å². The zero-order valence-electron chi connectivity index (χ0n) is 8.55. The van der Waals surface area contributed by atoms with Gasteiger partial charge in [0.25, 0.3) is 0 Å². The van der Waals surface area contributed by atoms with E-state index in [-0.39, 0.29) is 0 Å². The molecular weight excluding hydrogens is 148 g/mol. The van der Waals surface area contributed by atoms with Crippen molar-refractivity contribution in [2.24, 2.45) is 0 Å². The minimum absolute atomic E-state index is 1.24. The molecule has 2 nitrogen and oxygen atoms in total. The minimum atomic E-state index is 1.24. The van der Waals surface area contributed by atoms with Crippen molar-refractivity contribution in [2.75, 3.05) is 40.3 Å². The van der Waals surface area contributed by atoms with E-state index in [1.54, 1.807) is 0 Å². The second-order valence-electron chi connectivity index (χ2n) is 4.06. The fourth-order valence-corrected chi connectivity index (χ4v) is 1.77. The maximum atomic E-state index is 2.59. The van der Waals surface area contributed by atoms with Crippen molar-refractivity contribution in [3.63, 3.8) is 0 Å². The molecule has 0 aliphatic carbocycles. The molecule has 0 aromatic rings. The van der Waals surface area contributed by atoms with Crippen molar-refractivity contribution < 1.29 is 0 Å². The van der Waals surface area contributed by atoms with Crippen molar-refractivity contribution in [1.82, 2.24) is 9.80 Å². The predicted molar refractivity (Wildman–Crippen MR) is 53.5 cm³/mol. The van der Waals surface area contributed by atoms with E-state index in [9.17, 15) is 0 Å². The SMILES string of the molecule is CN(C)CCCCN1CCCC1. The van der Waals surface area contributed by atoms with Gasteiger partial charge in [0.15, 0.2) is 0 Å².